The minimum atomic E-state index is -5.03. The zero-order valence-corrected chi connectivity index (χ0v) is 24.2. The molecule has 0 aliphatic rings. The summed E-state index contributed by atoms with van der Waals surface area (Å²) in [5, 5.41) is 0. The van der Waals surface area contributed by atoms with Crippen molar-refractivity contribution >= 4 is 31.5 Å². The zero-order chi connectivity index (χ0) is 30.6. The average Bonchev–Trinajstić information content (AvgIpc) is 2.80. The van der Waals surface area contributed by atoms with Crippen LogP contribution >= 0.6 is 0 Å². The van der Waals surface area contributed by atoms with E-state index in [0.29, 0.717) is 16.0 Å². The Labute approximate surface area is 232 Å². The van der Waals surface area contributed by atoms with E-state index in [-0.39, 0.29) is 22.8 Å². The highest BCUT2D eigenvalue weighted by Gasteiger charge is 2.51. The van der Waals surface area contributed by atoms with E-state index in [9.17, 15) is 39.6 Å². The van der Waals surface area contributed by atoms with Crippen LogP contribution in [-0.2, 0) is 29.3 Å². The monoisotopic (exact) mass is 605 g/mol. The maximum Gasteiger partial charge on any atom is 0.408 e. The molecule has 2 aromatic rings. The fraction of sp³-hybridized carbons (Fsp3) is 0.462. The Hall–Kier alpha value is -2.97. The third kappa shape index (κ3) is 9.03. The van der Waals surface area contributed by atoms with Gasteiger partial charge in [-0.3, -0.25) is 14.5 Å². The molecule has 0 saturated heterocycles. The van der Waals surface area contributed by atoms with Gasteiger partial charge in [-0.2, -0.15) is 13.2 Å². The number of nitrogens with zero attached hydrogens (tertiary/aromatic N) is 1. The maximum absolute atomic E-state index is 14.8. The van der Waals surface area contributed by atoms with E-state index in [1.54, 1.807) is 13.8 Å². The van der Waals surface area contributed by atoms with Crippen LogP contribution in [0.1, 0.15) is 38.3 Å². The molecule has 0 spiro atoms. The Kier molecular flexibility index (Phi) is 10.5. The highest BCUT2D eigenvalue weighted by atomic mass is 32.2. The minimum Gasteiger partial charge on any atom is -0.368 e. The lowest BCUT2D eigenvalue weighted by Gasteiger charge is -2.42. The molecule has 0 fully saturated rings. The number of halogens is 3. The van der Waals surface area contributed by atoms with Gasteiger partial charge < -0.3 is 11.5 Å². The van der Waals surface area contributed by atoms with Crippen molar-refractivity contribution in [3.8, 4) is 11.1 Å². The number of hydrogen-bond donors (Lipinski definition) is 2. The maximum atomic E-state index is 14.8. The number of nitrogens with two attached hydrogens (primary N) is 2. The molecule has 0 aliphatic heterocycles. The fourth-order valence-corrected chi connectivity index (χ4v) is 5.74. The second-order valence-electron chi connectivity index (χ2n) is 10.2. The topological polar surface area (TPSA) is 158 Å². The Balaban J connectivity index is 2.68. The molecule has 0 heterocycles. The van der Waals surface area contributed by atoms with Crippen LogP contribution in [0.15, 0.2) is 53.4 Å². The summed E-state index contributed by atoms with van der Waals surface area (Å²) in [5.74, 6) is -3.29. The van der Waals surface area contributed by atoms with Gasteiger partial charge in [0.1, 0.15) is 15.9 Å². The number of sulfone groups is 2. The second-order valence-corrected chi connectivity index (χ2v) is 14.5. The van der Waals surface area contributed by atoms with Gasteiger partial charge in [0.15, 0.2) is 9.84 Å². The predicted octanol–water partition coefficient (Wildman–Crippen LogP) is 2.85. The lowest BCUT2D eigenvalue weighted by atomic mass is 9.93. The molecule has 3 atom stereocenters. The van der Waals surface area contributed by atoms with Crippen LogP contribution < -0.4 is 11.5 Å². The van der Waals surface area contributed by atoms with E-state index in [0.717, 1.165) is 12.5 Å². The van der Waals surface area contributed by atoms with E-state index in [1.807, 2.05) is 0 Å². The first-order valence-electron chi connectivity index (χ1n) is 12.2. The number of amides is 2. The summed E-state index contributed by atoms with van der Waals surface area (Å²) < 4.78 is 91.4. The second kappa shape index (κ2) is 12.7. The number of carbonyl (C=O) groups excluding carboxylic acids is 2. The number of primary amides is 2. The van der Waals surface area contributed by atoms with Crippen molar-refractivity contribution in [2.75, 3.05) is 18.3 Å². The molecular formula is C26H34F3N3O6S2. The number of alkyl halides is 3. The van der Waals surface area contributed by atoms with E-state index >= 15 is 0 Å². The molecule has 0 bridgehead atoms. The van der Waals surface area contributed by atoms with Crippen LogP contribution in [0.5, 0.6) is 0 Å². The van der Waals surface area contributed by atoms with E-state index < -0.39 is 68.0 Å². The van der Waals surface area contributed by atoms with Gasteiger partial charge in [0.2, 0.25) is 11.8 Å². The van der Waals surface area contributed by atoms with Gasteiger partial charge in [0, 0.05) is 12.5 Å². The van der Waals surface area contributed by atoms with Gasteiger partial charge in [-0.15, -0.1) is 0 Å². The molecule has 40 heavy (non-hydrogen) atoms. The minimum absolute atomic E-state index is 0.0786. The van der Waals surface area contributed by atoms with Crippen LogP contribution in [0.4, 0.5) is 13.2 Å². The number of benzene rings is 2. The van der Waals surface area contributed by atoms with Gasteiger partial charge in [-0.05, 0) is 47.6 Å². The highest BCUT2D eigenvalue weighted by Crippen LogP contribution is 2.42. The molecule has 9 nitrogen and oxygen atoms in total. The SMILES string of the molecule is CC(C)C[C@@H](C(N)=O)N([C@@H](c1ccc(-c2ccc(S(C)(=O)=O)cc2)cc1)C(F)(F)F)[C@@H](CCS(C)(=O)=O)C(N)=O. The van der Waals surface area contributed by atoms with Gasteiger partial charge >= 0.3 is 6.18 Å². The van der Waals surface area contributed by atoms with Crippen LogP contribution in [-0.4, -0.2) is 70.1 Å². The van der Waals surface area contributed by atoms with Gasteiger partial charge in [0.25, 0.3) is 0 Å². The van der Waals surface area contributed by atoms with Crippen LogP contribution in [0.2, 0.25) is 0 Å². The van der Waals surface area contributed by atoms with Gasteiger partial charge in [-0.25, -0.2) is 16.8 Å². The highest BCUT2D eigenvalue weighted by molar-refractivity contribution is 7.91. The largest absolute Gasteiger partial charge is 0.408 e. The van der Waals surface area contributed by atoms with Crippen LogP contribution in [0.3, 0.4) is 0 Å². The third-order valence-electron chi connectivity index (χ3n) is 6.28. The summed E-state index contributed by atoms with van der Waals surface area (Å²) in [5.41, 5.74) is 11.7. The van der Waals surface area contributed by atoms with Crippen molar-refractivity contribution in [1.82, 2.24) is 4.90 Å². The smallest absolute Gasteiger partial charge is 0.368 e. The molecule has 2 aromatic carbocycles. The molecule has 14 heteroatoms. The number of rotatable bonds is 13. The van der Waals surface area contributed by atoms with Crippen LogP contribution in [0.25, 0.3) is 11.1 Å². The number of hydrogen-bond acceptors (Lipinski definition) is 7. The van der Waals surface area contributed by atoms with Crippen molar-refractivity contribution in [3.05, 3.63) is 54.1 Å². The average molecular weight is 606 g/mol. The normalized spacial score (nSPS) is 15.1. The van der Waals surface area contributed by atoms with Crippen molar-refractivity contribution in [2.45, 2.75) is 55.9 Å². The summed E-state index contributed by atoms with van der Waals surface area (Å²) in [4.78, 5) is 25.7. The molecule has 0 unspecified atom stereocenters. The molecule has 222 valence electrons. The van der Waals surface area contributed by atoms with Gasteiger partial charge in [-0.1, -0.05) is 50.2 Å². The van der Waals surface area contributed by atoms with Crippen molar-refractivity contribution in [2.24, 2.45) is 17.4 Å². The Morgan fingerprint density at radius 1 is 0.825 bits per heavy atom. The van der Waals surface area contributed by atoms with E-state index in [4.69, 9.17) is 11.5 Å². The number of carbonyl (C=O) groups is 2. The summed E-state index contributed by atoms with van der Waals surface area (Å²) >= 11 is 0. The summed E-state index contributed by atoms with van der Waals surface area (Å²) in [6.07, 6.45) is -3.82. The first-order valence-corrected chi connectivity index (χ1v) is 16.2. The fourth-order valence-electron chi connectivity index (χ4n) is 4.45. The first kappa shape index (κ1) is 33.2. The van der Waals surface area contributed by atoms with E-state index in [2.05, 4.69) is 0 Å². The lowest BCUT2D eigenvalue weighted by molar-refractivity contribution is -0.201. The molecule has 0 aliphatic carbocycles. The van der Waals surface area contributed by atoms with Crippen molar-refractivity contribution < 1.29 is 39.6 Å². The molecule has 2 amide bonds. The molecular weight excluding hydrogens is 571 g/mol. The third-order valence-corrected chi connectivity index (χ3v) is 8.39. The van der Waals surface area contributed by atoms with Crippen molar-refractivity contribution in [1.29, 1.82) is 0 Å². The summed E-state index contributed by atoms with van der Waals surface area (Å²) in [6, 6.07) is 5.01. The molecule has 4 N–H and O–H groups in total. The van der Waals surface area contributed by atoms with Gasteiger partial charge in [0.05, 0.1) is 22.7 Å². The van der Waals surface area contributed by atoms with E-state index in [1.165, 1.54) is 48.5 Å². The zero-order valence-electron chi connectivity index (χ0n) is 22.6. The first-order chi connectivity index (χ1) is 18.2. The molecule has 0 radical (unpaired) electrons. The lowest BCUT2D eigenvalue weighted by Crippen LogP contribution is -2.59. The van der Waals surface area contributed by atoms with Crippen LogP contribution in [0, 0.1) is 5.92 Å². The Bertz CT molecular complexity index is 1410. The molecule has 0 aromatic heterocycles. The molecule has 0 saturated carbocycles. The van der Waals surface area contributed by atoms with Crippen molar-refractivity contribution in [3.63, 3.8) is 0 Å². The summed E-state index contributed by atoms with van der Waals surface area (Å²) in [7, 11) is -7.14. The predicted molar refractivity (Wildman–Crippen MR) is 145 cm³/mol. The molecule has 2 rings (SSSR count). The Morgan fingerprint density at radius 2 is 1.27 bits per heavy atom. The standard InChI is InChI=1S/C26H34F3N3O6S2/c1-16(2)15-22(25(31)34)32(21(24(30)33)13-14-39(3,35)36)23(26(27,28)29)19-7-5-17(6-8-19)18-9-11-20(12-10-18)40(4,37)38/h5-12,16,21-23H,13-15H2,1-4H3,(H2,30,33)(H2,31,34)/t21-,22-,23-/m0/s1. The Morgan fingerprint density at radius 3 is 1.62 bits per heavy atom. The summed E-state index contributed by atoms with van der Waals surface area (Å²) in [6.45, 7) is 3.33. The quantitative estimate of drug-likeness (QED) is 0.355.